The topological polar surface area (TPSA) is 35.2 Å². The Hall–Kier alpha value is -0.970. The minimum absolute atomic E-state index is 0.107. The second-order valence-electron chi connectivity index (χ2n) is 4.84. The SMILES string of the molecule is CCC(N)C(Sc1cccc(OC)c1)c1cccc(Br)c1. The highest BCUT2D eigenvalue weighted by molar-refractivity contribution is 9.10. The van der Waals surface area contributed by atoms with Crippen molar-refractivity contribution in [2.24, 2.45) is 5.73 Å². The van der Waals surface area contributed by atoms with E-state index in [-0.39, 0.29) is 11.3 Å². The number of benzene rings is 2. The Morgan fingerprint density at radius 3 is 2.62 bits per heavy atom. The van der Waals surface area contributed by atoms with Crippen molar-refractivity contribution in [3.05, 3.63) is 58.6 Å². The maximum atomic E-state index is 6.35. The molecule has 2 atom stereocenters. The van der Waals surface area contributed by atoms with Crippen LogP contribution in [0.4, 0.5) is 0 Å². The van der Waals surface area contributed by atoms with Gasteiger partial charge in [0, 0.05) is 20.7 Å². The van der Waals surface area contributed by atoms with Crippen molar-refractivity contribution in [2.75, 3.05) is 7.11 Å². The first-order valence-corrected chi connectivity index (χ1v) is 8.63. The van der Waals surface area contributed by atoms with Crippen molar-refractivity contribution in [3.63, 3.8) is 0 Å². The molecular formula is C17H20BrNOS. The van der Waals surface area contributed by atoms with Gasteiger partial charge in [-0.3, -0.25) is 0 Å². The molecule has 2 rings (SSSR count). The third kappa shape index (κ3) is 4.50. The van der Waals surface area contributed by atoms with Crippen molar-refractivity contribution < 1.29 is 4.74 Å². The Balaban J connectivity index is 2.28. The molecule has 0 aliphatic rings. The third-order valence-electron chi connectivity index (χ3n) is 3.34. The number of thioether (sulfide) groups is 1. The van der Waals surface area contributed by atoms with Gasteiger partial charge in [0.05, 0.1) is 7.11 Å². The van der Waals surface area contributed by atoms with Crippen LogP contribution in [0.5, 0.6) is 5.75 Å². The summed E-state index contributed by atoms with van der Waals surface area (Å²) >= 11 is 5.33. The lowest BCUT2D eigenvalue weighted by Crippen LogP contribution is -2.25. The minimum Gasteiger partial charge on any atom is -0.497 e. The largest absolute Gasteiger partial charge is 0.497 e. The number of hydrogen-bond donors (Lipinski definition) is 1. The molecule has 0 aliphatic heterocycles. The Kier molecular flexibility index (Phi) is 6.15. The average molecular weight is 366 g/mol. The van der Waals surface area contributed by atoms with E-state index >= 15 is 0 Å². The van der Waals surface area contributed by atoms with E-state index in [0.717, 1.165) is 16.6 Å². The van der Waals surface area contributed by atoms with E-state index in [9.17, 15) is 0 Å². The van der Waals surface area contributed by atoms with E-state index in [4.69, 9.17) is 10.5 Å². The lowest BCUT2D eigenvalue weighted by Gasteiger charge is -2.23. The second kappa shape index (κ2) is 7.87. The Morgan fingerprint density at radius 1 is 1.19 bits per heavy atom. The molecule has 0 aromatic heterocycles. The van der Waals surface area contributed by atoms with Gasteiger partial charge >= 0.3 is 0 Å². The molecule has 0 radical (unpaired) electrons. The molecule has 2 aromatic carbocycles. The number of ether oxygens (including phenoxy) is 1. The summed E-state index contributed by atoms with van der Waals surface area (Å²) in [5.41, 5.74) is 7.59. The summed E-state index contributed by atoms with van der Waals surface area (Å²) < 4.78 is 6.38. The zero-order valence-electron chi connectivity index (χ0n) is 12.3. The first kappa shape index (κ1) is 16.4. The number of methoxy groups -OCH3 is 1. The third-order valence-corrected chi connectivity index (χ3v) is 5.24. The van der Waals surface area contributed by atoms with Crippen LogP contribution in [0.25, 0.3) is 0 Å². The molecule has 0 bridgehead atoms. The van der Waals surface area contributed by atoms with Gasteiger partial charge in [0.15, 0.2) is 0 Å². The summed E-state index contributed by atoms with van der Waals surface area (Å²) in [5.74, 6) is 0.873. The molecule has 0 saturated carbocycles. The molecule has 0 amide bonds. The normalized spacial score (nSPS) is 13.7. The van der Waals surface area contributed by atoms with E-state index < -0.39 is 0 Å². The highest BCUT2D eigenvalue weighted by Crippen LogP contribution is 2.39. The molecule has 2 aromatic rings. The van der Waals surface area contributed by atoms with Crippen molar-refractivity contribution in [3.8, 4) is 5.75 Å². The zero-order chi connectivity index (χ0) is 15.2. The predicted molar refractivity (Wildman–Crippen MR) is 94.0 cm³/mol. The molecule has 0 aliphatic carbocycles. The van der Waals surface area contributed by atoms with Crippen molar-refractivity contribution in [1.29, 1.82) is 0 Å². The predicted octanol–water partition coefficient (Wildman–Crippen LogP) is 5.03. The van der Waals surface area contributed by atoms with Gasteiger partial charge in [-0.25, -0.2) is 0 Å². The molecular weight excluding hydrogens is 346 g/mol. The average Bonchev–Trinajstić information content (AvgIpc) is 2.52. The Bertz CT molecular complexity index is 591. The van der Waals surface area contributed by atoms with Gasteiger partial charge in [-0.05, 0) is 42.3 Å². The first-order valence-electron chi connectivity index (χ1n) is 6.95. The number of nitrogens with two attached hydrogens (primary N) is 1. The maximum absolute atomic E-state index is 6.35. The molecule has 2 nitrogen and oxygen atoms in total. The van der Waals surface area contributed by atoms with Gasteiger partial charge in [0.25, 0.3) is 0 Å². The van der Waals surface area contributed by atoms with Crippen LogP contribution >= 0.6 is 27.7 Å². The number of rotatable bonds is 6. The maximum Gasteiger partial charge on any atom is 0.119 e. The molecule has 0 saturated heterocycles. The molecule has 2 N–H and O–H groups in total. The highest BCUT2D eigenvalue weighted by atomic mass is 79.9. The molecule has 2 unspecified atom stereocenters. The lowest BCUT2D eigenvalue weighted by atomic mass is 10.0. The van der Waals surface area contributed by atoms with Gasteiger partial charge < -0.3 is 10.5 Å². The second-order valence-corrected chi connectivity index (χ2v) is 6.98. The Morgan fingerprint density at radius 2 is 1.95 bits per heavy atom. The standard InChI is InChI=1S/C17H20BrNOS/c1-3-16(19)17(12-6-4-7-13(18)10-12)21-15-9-5-8-14(11-15)20-2/h4-11,16-17H,3,19H2,1-2H3. The van der Waals surface area contributed by atoms with Gasteiger partial charge in [0.2, 0.25) is 0 Å². The van der Waals surface area contributed by atoms with E-state index in [2.05, 4.69) is 53.2 Å². The van der Waals surface area contributed by atoms with Crippen LogP contribution in [0.1, 0.15) is 24.2 Å². The molecule has 4 heteroatoms. The summed E-state index contributed by atoms with van der Waals surface area (Å²) in [6, 6.07) is 16.6. The summed E-state index contributed by atoms with van der Waals surface area (Å²) in [4.78, 5) is 1.17. The molecule has 21 heavy (non-hydrogen) atoms. The fourth-order valence-electron chi connectivity index (χ4n) is 2.12. The lowest BCUT2D eigenvalue weighted by molar-refractivity contribution is 0.413. The molecule has 112 valence electrons. The van der Waals surface area contributed by atoms with Crippen molar-refractivity contribution in [2.45, 2.75) is 29.5 Å². The van der Waals surface area contributed by atoms with Crippen LogP contribution < -0.4 is 10.5 Å². The fourth-order valence-corrected chi connectivity index (χ4v) is 3.82. The van der Waals surface area contributed by atoms with Gasteiger partial charge in [-0.2, -0.15) is 0 Å². The quantitative estimate of drug-likeness (QED) is 0.729. The van der Waals surface area contributed by atoms with Gasteiger partial charge in [-0.1, -0.05) is 41.1 Å². The smallest absolute Gasteiger partial charge is 0.119 e. The monoisotopic (exact) mass is 365 g/mol. The van der Waals surface area contributed by atoms with Gasteiger partial charge in [-0.15, -0.1) is 11.8 Å². The summed E-state index contributed by atoms with van der Waals surface area (Å²) in [6.45, 7) is 2.13. The summed E-state index contributed by atoms with van der Waals surface area (Å²) in [5, 5.41) is 0.222. The van der Waals surface area contributed by atoms with Crippen LogP contribution in [0.15, 0.2) is 57.9 Å². The van der Waals surface area contributed by atoms with Crippen LogP contribution in [-0.2, 0) is 0 Å². The zero-order valence-corrected chi connectivity index (χ0v) is 14.7. The first-order chi connectivity index (χ1) is 10.1. The summed E-state index contributed by atoms with van der Waals surface area (Å²) in [7, 11) is 1.69. The van der Waals surface area contributed by atoms with Crippen molar-refractivity contribution >= 4 is 27.7 Å². The number of hydrogen-bond acceptors (Lipinski definition) is 3. The highest BCUT2D eigenvalue weighted by Gasteiger charge is 2.20. The van der Waals surface area contributed by atoms with Crippen LogP contribution in [0, 0.1) is 0 Å². The van der Waals surface area contributed by atoms with Crippen LogP contribution in [-0.4, -0.2) is 13.2 Å². The number of halogens is 1. The van der Waals surface area contributed by atoms with Crippen LogP contribution in [0.3, 0.4) is 0 Å². The fraction of sp³-hybridized carbons (Fsp3) is 0.294. The van der Waals surface area contributed by atoms with Crippen molar-refractivity contribution in [1.82, 2.24) is 0 Å². The Labute approximate surface area is 139 Å². The molecule has 0 heterocycles. The van der Waals surface area contributed by atoms with Crippen LogP contribution in [0.2, 0.25) is 0 Å². The van der Waals surface area contributed by atoms with E-state index in [1.54, 1.807) is 18.9 Å². The van der Waals surface area contributed by atoms with Gasteiger partial charge in [0.1, 0.15) is 5.75 Å². The summed E-state index contributed by atoms with van der Waals surface area (Å²) in [6.07, 6.45) is 0.939. The van der Waals surface area contributed by atoms with E-state index in [0.29, 0.717) is 0 Å². The van der Waals surface area contributed by atoms with E-state index in [1.807, 2.05) is 18.2 Å². The molecule has 0 fully saturated rings. The van der Waals surface area contributed by atoms with E-state index in [1.165, 1.54) is 10.5 Å². The minimum atomic E-state index is 0.107. The molecule has 0 spiro atoms.